The molecule has 0 unspecified atom stereocenters. The summed E-state index contributed by atoms with van der Waals surface area (Å²) in [6.45, 7) is 2.10. The first-order valence-electron chi connectivity index (χ1n) is 10.4. The minimum Gasteiger partial charge on any atom is -0.494 e. The van der Waals surface area contributed by atoms with Crippen molar-refractivity contribution in [3.05, 3.63) is 96.1 Å². The maximum atomic E-state index is 14.3. The summed E-state index contributed by atoms with van der Waals surface area (Å²) in [6.07, 6.45) is -4.50. The lowest BCUT2D eigenvalue weighted by molar-refractivity contribution is -0.254. The largest absolute Gasteiger partial charge is 0.494 e. The topological polar surface area (TPSA) is 18.5 Å². The molecule has 3 aromatic carbocycles. The first kappa shape index (κ1) is 24.3. The van der Waals surface area contributed by atoms with Crippen molar-refractivity contribution in [2.45, 2.75) is 31.9 Å². The van der Waals surface area contributed by atoms with Crippen molar-refractivity contribution in [3.63, 3.8) is 0 Å². The quantitative estimate of drug-likeness (QED) is 0.299. The Morgan fingerprint density at radius 3 is 2.09 bits per heavy atom. The lowest BCUT2D eigenvalue weighted by atomic mass is 9.96. The second-order valence-corrected chi connectivity index (χ2v) is 7.25. The number of halogens is 5. The van der Waals surface area contributed by atoms with Crippen LogP contribution in [0.3, 0.4) is 0 Å². The minimum absolute atomic E-state index is 0.0109. The molecular formula is C26H23F5O2. The van der Waals surface area contributed by atoms with Crippen LogP contribution in [-0.4, -0.2) is 18.7 Å². The van der Waals surface area contributed by atoms with E-state index in [1.807, 2.05) is 18.2 Å². The summed E-state index contributed by atoms with van der Waals surface area (Å²) in [6, 6.07) is 21.3. The molecule has 3 aromatic rings. The third-order valence-corrected chi connectivity index (χ3v) is 4.83. The molecule has 2 nitrogen and oxygen atoms in total. The molecule has 174 valence electrons. The van der Waals surface area contributed by atoms with E-state index in [-0.39, 0.29) is 18.4 Å². The van der Waals surface area contributed by atoms with Gasteiger partial charge in [0, 0.05) is 5.57 Å². The Kier molecular flexibility index (Phi) is 7.74. The molecule has 7 heteroatoms. The zero-order valence-electron chi connectivity index (χ0n) is 17.9. The fourth-order valence-corrected chi connectivity index (χ4v) is 3.25. The number of hydrogen-bond donors (Lipinski definition) is 0. The zero-order valence-corrected chi connectivity index (χ0v) is 17.9. The molecule has 0 aliphatic heterocycles. The van der Waals surface area contributed by atoms with E-state index in [4.69, 9.17) is 9.47 Å². The number of ether oxygens (including phenoxy) is 2. The van der Waals surface area contributed by atoms with Gasteiger partial charge >= 0.3 is 12.1 Å². The van der Waals surface area contributed by atoms with E-state index in [9.17, 15) is 22.0 Å². The first-order chi connectivity index (χ1) is 15.7. The van der Waals surface area contributed by atoms with Crippen LogP contribution in [0.1, 0.15) is 24.5 Å². The zero-order chi connectivity index (χ0) is 23.9. The van der Waals surface area contributed by atoms with E-state index in [0.717, 1.165) is 11.6 Å². The maximum Gasteiger partial charge on any atom is 0.458 e. The van der Waals surface area contributed by atoms with Gasteiger partial charge in [0.1, 0.15) is 17.2 Å². The van der Waals surface area contributed by atoms with Gasteiger partial charge in [-0.25, -0.2) is 0 Å². The average Bonchev–Trinajstić information content (AvgIpc) is 2.78. The fraction of sp³-hybridized carbons (Fsp3) is 0.231. The highest BCUT2D eigenvalue weighted by atomic mass is 19.4. The van der Waals surface area contributed by atoms with Crippen molar-refractivity contribution in [1.82, 2.24) is 0 Å². The van der Waals surface area contributed by atoms with Gasteiger partial charge in [-0.1, -0.05) is 48.5 Å². The number of rotatable bonds is 9. The highest BCUT2D eigenvalue weighted by Gasteiger charge is 2.60. The standard InChI is InChI=1S/C26H23F5O2/c1-2-32-21-16-14-20(15-17-21)24(25(27,28)26(29,30)31)13-7-9-19-8-6-12-23(18-19)33-22-10-4-3-5-11-22/h3-6,8,10-18H,2,7,9H2,1H3/b24-13+. The molecule has 0 heterocycles. The second-order valence-electron chi connectivity index (χ2n) is 7.25. The summed E-state index contributed by atoms with van der Waals surface area (Å²) in [5.74, 6) is -3.41. The SMILES string of the molecule is CCOc1ccc(/C(=C\CCc2cccc(Oc3ccccc3)c2)C(F)(F)C(F)(F)F)cc1. The Labute approximate surface area is 189 Å². The lowest BCUT2D eigenvalue weighted by Gasteiger charge is -2.23. The number of para-hydroxylation sites is 1. The van der Waals surface area contributed by atoms with Crippen molar-refractivity contribution >= 4 is 5.57 Å². The fourth-order valence-electron chi connectivity index (χ4n) is 3.25. The number of aryl methyl sites for hydroxylation is 1. The molecule has 0 saturated heterocycles. The molecule has 3 rings (SSSR count). The minimum atomic E-state index is -5.71. The molecule has 0 atom stereocenters. The number of alkyl halides is 5. The van der Waals surface area contributed by atoms with Crippen molar-refractivity contribution < 1.29 is 31.4 Å². The molecule has 33 heavy (non-hydrogen) atoms. The van der Waals surface area contributed by atoms with Crippen molar-refractivity contribution in [1.29, 1.82) is 0 Å². The average molecular weight is 462 g/mol. The molecule has 0 aliphatic carbocycles. The summed E-state index contributed by atoms with van der Waals surface area (Å²) in [5, 5.41) is 0. The lowest BCUT2D eigenvalue weighted by Crippen LogP contribution is -2.37. The molecule has 0 radical (unpaired) electrons. The van der Waals surface area contributed by atoms with Crippen LogP contribution in [0.25, 0.3) is 5.57 Å². The predicted molar refractivity (Wildman–Crippen MR) is 118 cm³/mol. The molecule has 0 fully saturated rings. The van der Waals surface area contributed by atoms with E-state index in [1.165, 1.54) is 24.3 Å². The van der Waals surface area contributed by atoms with E-state index in [2.05, 4.69) is 0 Å². The smallest absolute Gasteiger partial charge is 0.458 e. The molecule has 0 N–H and O–H groups in total. The van der Waals surface area contributed by atoms with Crippen LogP contribution >= 0.6 is 0 Å². The Bertz CT molecular complexity index is 1060. The van der Waals surface area contributed by atoms with Gasteiger partial charge in [-0.15, -0.1) is 0 Å². The Morgan fingerprint density at radius 1 is 0.788 bits per heavy atom. The van der Waals surface area contributed by atoms with Crippen molar-refractivity contribution in [2.75, 3.05) is 6.61 Å². The highest BCUT2D eigenvalue weighted by Crippen LogP contribution is 2.45. The van der Waals surface area contributed by atoms with Crippen LogP contribution in [0.2, 0.25) is 0 Å². The molecule has 0 saturated carbocycles. The predicted octanol–water partition coefficient (Wildman–Crippen LogP) is 8.09. The van der Waals surface area contributed by atoms with Crippen LogP contribution in [0, 0.1) is 0 Å². The molecule has 0 aromatic heterocycles. The van der Waals surface area contributed by atoms with Crippen LogP contribution in [0.5, 0.6) is 17.2 Å². The monoisotopic (exact) mass is 462 g/mol. The Hall–Kier alpha value is -3.35. The molecule has 0 spiro atoms. The molecule has 0 aliphatic rings. The third-order valence-electron chi connectivity index (χ3n) is 4.83. The van der Waals surface area contributed by atoms with Crippen LogP contribution < -0.4 is 9.47 Å². The third kappa shape index (κ3) is 6.34. The van der Waals surface area contributed by atoms with Gasteiger partial charge in [0.2, 0.25) is 0 Å². The van der Waals surface area contributed by atoms with Crippen LogP contribution in [0.15, 0.2) is 84.9 Å². The number of allylic oxidation sites excluding steroid dienone is 2. The summed E-state index contributed by atoms with van der Waals surface area (Å²) >= 11 is 0. The van der Waals surface area contributed by atoms with Gasteiger partial charge in [0.25, 0.3) is 0 Å². The van der Waals surface area contributed by atoms with Crippen LogP contribution in [0.4, 0.5) is 22.0 Å². The van der Waals surface area contributed by atoms with E-state index < -0.39 is 17.7 Å². The summed E-state index contributed by atoms with van der Waals surface area (Å²) in [7, 11) is 0. The van der Waals surface area contributed by atoms with E-state index in [0.29, 0.717) is 23.9 Å². The van der Waals surface area contributed by atoms with Gasteiger partial charge in [0.15, 0.2) is 0 Å². The van der Waals surface area contributed by atoms with Crippen molar-refractivity contribution in [2.24, 2.45) is 0 Å². The summed E-state index contributed by atoms with van der Waals surface area (Å²) in [4.78, 5) is 0. The first-order valence-corrected chi connectivity index (χ1v) is 10.4. The van der Waals surface area contributed by atoms with E-state index in [1.54, 1.807) is 43.3 Å². The summed E-state index contributed by atoms with van der Waals surface area (Å²) < 4.78 is 79.1. The van der Waals surface area contributed by atoms with Gasteiger partial charge in [-0.3, -0.25) is 0 Å². The second kappa shape index (κ2) is 10.5. The highest BCUT2D eigenvalue weighted by molar-refractivity contribution is 5.72. The normalized spacial score (nSPS) is 12.5. The maximum absolute atomic E-state index is 14.3. The van der Waals surface area contributed by atoms with Gasteiger partial charge < -0.3 is 9.47 Å². The van der Waals surface area contributed by atoms with Gasteiger partial charge in [0.05, 0.1) is 6.61 Å². The van der Waals surface area contributed by atoms with Crippen LogP contribution in [-0.2, 0) is 6.42 Å². The molecule has 0 bridgehead atoms. The number of hydrogen-bond acceptors (Lipinski definition) is 2. The Balaban J connectivity index is 1.80. The van der Waals surface area contributed by atoms with E-state index >= 15 is 0 Å². The summed E-state index contributed by atoms with van der Waals surface area (Å²) in [5.41, 5.74) is -0.530. The Morgan fingerprint density at radius 2 is 1.45 bits per heavy atom. The number of benzene rings is 3. The molecule has 0 amide bonds. The van der Waals surface area contributed by atoms with Gasteiger partial charge in [-0.2, -0.15) is 22.0 Å². The van der Waals surface area contributed by atoms with Gasteiger partial charge in [-0.05, 0) is 67.3 Å². The molecular weight excluding hydrogens is 439 g/mol. The van der Waals surface area contributed by atoms with Crippen molar-refractivity contribution in [3.8, 4) is 17.2 Å².